The smallest absolute Gasteiger partial charge is 0.0775 e. The number of hydrazine groups is 1. The van der Waals surface area contributed by atoms with Crippen molar-refractivity contribution in [2.45, 2.75) is 50.7 Å². The summed E-state index contributed by atoms with van der Waals surface area (Å²) in [6.07, 6.45) is 6.88. The zero-order chi connectivity index (χ0) is 13.2. The minimum atomic E-state index is 0.184. The van der Waals surface area contributed by atoms with Crippen molar-refractivity contribution in [3.05, 3.63) is 29.6 Å². The molecular formula is C15H23N3O. The van der Waals surface area contributed by atoms with Crippen LogP contribution in [0.1, 0.15) is 43.4 Å². The molecule has 0 spiro atoms. The van der Waals surface area contributed by atoms with Gasteiger partial charge in [-0.3, -0.25) is 16.3 Å². The van der Waals surface area contributed by atoms with Gasteiger partial charge in [0.1, 0.15) is 0 Å². The number of rotatable bonds is 6. The molecule has 1 aromatic rings. The molecule has 1 aromatic heterocycles. The van der Waals surface area contributed by atoms with Gasteiger partial charge in [0.2, 0.25) is 0 Å². The zero-order valence-electron chi connectivity index (χ0n) is 11.5. The summed E-state index contributed by atoms with van der Waals surface area (Å²) in [5.41, 5.74) is 5.62. The van der Waals surface area contributed by atoms with Gasteiger partial charge in [0.25, 0.3) is 0 Å². The van der Waals surface area contributed by atoms with Gasteiger partial charge < -0.3 is 4.74 Å². The van der Waals surface area contributed by atoms with E-state index in [0.717, 1.165) is 19.4 Å². The average molecular weight is 261 g/mol. The first-order valence-electron chi connectivity index (χ1n) is 7.36. The summed E-state index contributed by atoms with van der Waals surface area (Å²) in [5.74, 6) is 6.91. The Morgan fingerprint density at radius 2 is 2.32 bits per heavy atom. The van der Waals surface area contributed by atoms with Crippen LogP contribution in [0, 0.1) is 5.92 Å². The van der Waals surface area contributed by atoms with Crippen LogP contribution in [0.25, 0.3) is 0 Å². The van der Waals surface area contributed by atoms with Crippen LogP contribution < -0.4 is 11.3 Å². The Labute approximate surface area is 114 Å². The van der Waals surface area contributed by atoms with Gasteiger partial charge in [-0.15, -0.1) is 0 Å². The van der Waals surface area contributed by atoms with Crippen LogP contribution in [0.5, 0.6) is 0 Å². The molecule has 4 nitrogen and oxygen atoms in total. The van der Waals surface area contributed by atoms with Gasteiger partial charge in [-0.25, -0.2) is 0 Å². The number of nitrogens with zero attached hydrogens (tertiary/aromatic N) is 1. The van der Waals surface area contributed by atoms with Crippen molar-refractivity contribution >= 4 is 0 Å². The molecule has 0 bridgehead atoms. The van der Waals surface area contributed by atoms with Crippen molar-refractivity contribution in [1.29, 1.82) is 0 Å². The third kappa shape index (κ3) is 2.53. The lowest BCUT2D eigenvalue weighted by atomic mass is 9.90. The Kier molecular flexibility index (Phi) is 3.82. The van der Waals surface area contributed by atoms with Crippen molar-refractivity contribution < 1.29 is 4.74 Å². The molecule has 3 rings (SSSR count). The molecule has 0 amide bonds. The lowest BCUT2D eigenvalue weighted by Crippen LogP contribution is -2.49. The first kappa shape index (κ1) is 13.0. The summed E-state index contributed by atoms with van der Waals surface area (Å²) in [4.78, 5) is 4.58. The van der Waals surface area contributed by atoms with Crippen molar-refractivity contribution in [1.82, 2.24) is 10.4 Å². The molecule has 0 saturated heterocycles. The van der Waals surface area contributed by atoms with E-state index in [1.165, 1.54) is 24.1 Å². The van der Waals surface area contributed by atoms with Gasteiger partial charge in [0, 0.05) is 24.4 Å². The van der Waals surface area contributed by atoms with Gasteiger partial charge >= 0.3 is 0 Å². The fraction of sp³-hybridized carbons (Fsp3) is 0.667. The fourth-order valence-electron chi connectivity index (χ4n) is 3.38. The monoisotopic (exact) mass is 261 g/mol. The van der Waals surface area contributed by atoms with E-state index >= 15 is 0 Å². The number of ether oxygens (including phenoxy) is 1. The van der Waals surface area contributed by atoms with Gasteiger partial charge in [-0.2, -0.15) is 0 Å². The average Bonchev–Trinajstić information content (AvgIpc) is 3.20. The number of fused-ring (bicyclic) bond motifs is 1. The molecule has 104 valence electrons. The van der Waals surface area contributed by atoms with Crippen LogP contribution in [0.3, 0.4) is 0 Å². The van der Waals surface area contributed by atoms with E-state index in [9.17, 15) is 0 Å². The quantitative estimate of drug-likeness (QED) is 0.605. The SMILES string of the molecule is CCOC(C1CC1)C(NN)C1CCc2cccnc21. The van der Waals surface area contributed by atoms with E-state index in [1.807, 2.05) is 12.3 Å². The van der Waals surface area contributed by atoms with E-state index in [4.69, 9.17) is 10.6 Å². The highest BCUT2D eigenvalue weighted by Crippen LogP contribution is 2.42. The number of hydrogen-bond acceptors (Lipinski definition) is 4. The molecule has 2 aliphatic carbocycles. The molecule has 1 saturated carbocycles. The predicted octanol–water partition coefficient (Wildman–Crippen LogP) is 1.76. The van der Waals surface area contributed by atoms with Crippen LogP contribution in [0.2, 0.25) is 0 Å². The highest BCUT2D eigenvalue weighted by Gasteiger charge is 2.42. The summed E-state index contributed by atoms with van der Waals surface area (Å²) >= 11 is 0. The zero-order valence-corrected chi connectivity index (χ0v) is 11.5. The molecule has 3 N–H and O–H groups in total. The third-order valence-electron chi connectivity index (χ3n) is 4.43. The Balaban J connectivity index is 1.82. The molecule has 0 radical (unpaired) electrons. The molecule has 1 heterocycles. The number of nitrogens with one attached hydrogen (secondary N) is 1. The minimum absolute atomic E-state index is 0.184. The minimum Gasteiger partial charge on any atom is -0.377 e. The number of aryl methyl sites for hydroxylation is 1. The van der Waals surface area contributed by atoms with E-state index in [-0.39, 0.29) is 12.1 Å². The van der Waals surface area contributed by atoms with Gasteiger partial charge in [-0.05, 0) is 50.2 Å². The van der Waals surface area contributed by atoms with Crippen molar-refractivity contribution in [2.24, 2.45) is 11.8 Å². The lowest BCUT2D eigenvalue weighted by molar-refractivity contribution is 0.0115. The molecule has 4 heteroatoms. The normalized spacial score (nSPS) is 25.1. The Morgan fingerprint density at radius 3 is 3.00 bits per heavy atom. The van der Waals surface area contributed by atoms with Crippen molar-refractivity contribution in [3.63, 3.8) is 0 Å². The Morgan fingerprint density at radius 1 is 1.47 bits per heavy atom. The fourth-order valence-corrected chi connectivity index (χ4v) is 3.38. The van der Waals surface area contributed by atoms with E-state index in [2.05, 4.69) is 23.4 Å². The molecular weight excluding hydrogens is 238 g/mol. The van der Waals surface area contributed by atoms with Gasteiger partial charge in [0.05, 0.1) is 12.1 Å². The van der Waals surface area contributed by atoms with Crippen LogP contribution in [-0.2, 0) is 11.2 Å². The van der Waals surface area contributed by atoms with Crippen LogP contribution in [0.15, 0.2) is 18.3 Å². The Bertz CT molecular complexity index is 433. The molecule has 19 heavy (non-hydrogen) atoms. The Hall–Kier alpha value is -0.970. The second-order valence-electron chi connectivity index (χ2n) is 5.64. The lowest BCUT2D eigenvalue weighted by Gasteiger charge is -2.31. The highest BCUT2D eigenvalue weighted by molar-refractivity contribution is 5.30. The van der Waals surface area contributed by atoms with Crippen molar-refractivity contribution in [2.75, 3.05) is 6.61 Å². The van der Waals surface area contributed by atoms with E-state index in [0.29, 0.717) is 11.8 Å². The second kappa shape index (κ2) is 5.57. The first-order chi connectivity index (χ1) is 9.35. The topological polar surface area (TPSA) is 60.2 Å². The highest BCUT2D eigenvalue weighted by atomic mass is 16.5. The number of hydrogen-bond donors (Lipinski definition) is 2. The molecule has 0 aromatic carbocycles. The van der Waals surface area contributed by atoms with Crippen LogP contribution >= 0.6 is 0 Å². The first-order valence-corrected chi connectivity index (χ1v) is 7.36. The van der Waals surface area contributed by atoms with Crippen molar-refractivity contribution in [3.8, 4) is 0 Å². The number of aromatic nitrogens is 1. The van der Waals surface area contributed by atoms with E-state index < -0.39 is 0 Å². The summed E-state index contributed by atoms with van der Waals surface area (Å²) in [7, 11) is 0. The van der Waals surface area contributed by atoms with Crippen LogP contribution in [0.4, 0.5) is 0 Å². The molecule has 1 fully saturated rings. The van der Waals surface area contributed by atoms with E-state index in [1.54, 1.807) is 0 Å². The second-order valence-corrected chi connectivity index (χ2v) is 5.64. The molecule has 0 aliphatic heterocycles. The maximum atomic E-state index is 5.98. The van der Waals surface area contributed by atoms with Gasteiger partial charge in [-0.1, -0.05) is 6.07 Å². The largest absolute Gasteiger partial charge is 0.377 e. The number of nitrogens with two attached hydrogens (primary N) is 1. The summed E-state index contributed by atoms with van der Waals surface area (Å²) in [6, 6.07) is 4.39. The summed E-state index contributed by atoms with van der Waals surface area (Å²) in [5, 5.41) is 0. The summed E-state index contributed by atoms with van der Waals surface area (Å²) < 4.78 is 5.98. The maximum absolute atomic E-state index is 5.98. The molecule has 3 unspecified atom stereocenters. The van der Waals surface area contributed by atoms with Crippen LogP contribution in [-0.4, -0.2) is 23.7 Å². The number of pyridine rings is 1. The predicted molar refractivity (Wildman–Crippen MR) is 74.5 cm³/mol. The maximum Gasteiger partial charge on any atom is 0.0775 e. The third-order valence-corrected chi connectivity index (χ3v) is 4.43. The standard InChI is InChI=1S/C15H23N3O/c1-2-19-15(11-5-6-11)14(18-16)12-8-7-10-4-3-9-17-13(10)12/h3-4,9,11-12,14-15,18H,2,5-8,16H2,1H3. The van der Waals surface area contributed by atoms with Gasteiger partial charge in [0.15, 0.2) is 0 Å². The molecule has 3 atom stereocenters. The summed E-state index contributed by atoms with van der Waals surface area (Å²) in [6.45, 7) is 2.81. The molecule has 2 aliphatic rings.